The molecule has 0 saturated carbocycles. The normalized spacial score (nSPS) is 13.8. The molecule has 0 fully saturated rings. The minimum Gasteiger partial charge on any atom is -0.394 e. The first-order valence-corrected chi connectivity index (χ1v) is 10.1. The predicted octanol–water partition coefficient (Wildman–Crippen LogP) is 5.38. The Morgan fingerprint density at radius 3 is 2.62 bits per heavy atom. The number of anilines is 1. The third kappa shape index (κ3) is 5.07. The van der Waals surface area contributed by atoms with E-state index in [1.807, 2.05) is 37.3 Å². The molecule has 1 aliphatic rings. The van der Waals surface area contributed by atoms with Crippen LogP contribution in [-0.2, 0) is 11.2 Å². The molecule has 1 heterocycles. The van der Waals surface area contributed by atoms with Gasteiger partial charge in [-0.1, -0.05) is 54.3 Å². The van der Waals surface area contributed by atoms with Crippen LogP contribution in [0.1, 0.15) is 32.0 Å². The maximum absolute atomic E-state index is 8.91. The van der Waals surface area contributed by atoms with Gasteiger partial charge in [-0.2, -0.15) is 0 Å². The second-order valence-electron chi connectivity index (χ2n) is 6.79. The fraction of sp³-hybridized carbons (Fsp3) is 0.292. The Balaban J connectivity index is 1.88. The molecular weight excluding hydrogens is 384 g/mol. The summed E-state index contributed by atoms with van der Waals surface area (Å²) >= 11 is 6.57. The van der Waals surface area contributed by atoms with Gasteiger partial charge in [-0.3, -0.25) is 0 Å². The second kappa shape index (κ2) is 9.76. The zero-order valence-electron chi connectivity index (χ0n) is 16.9. The first-order valence-electron chi connectivity index (χ1n) is 9.71. The number of aliphatic hydroxyl groups excluding tert-OH is 1. The number of aryl methyl sites for hydroxylation is 1. The maximum atomic E-state index is 8.91. The molecule has 0 bridgehead atoms. The summed E-state index contributed by atoms with van der Waals surface area (Å²) in [6, 6.07) is 10.1. The fourth-order valence-corrected chi connectivity index (χ4v) is 3.43. The van der Waals surface area contributed by atoms with Gasteiger partial charge in [0.25, 0.3) is 0 Å². The van der Waals surface area contributed by atoms with Gasteiger partial charge < -0.3 is 15.2 Å². The highest BCUT2D eigenvalue weighted by Gasteiger charge is 2.14. The smallest absolute Gasteiger partial charge is 0.124 e. The Kier molecular flexibility index (Phi) is 7.11. The molecule has 0 aliphatic heterocycles. The number of benzene rings is 1. The summed E-state index contributed by atoms with van der Waals surface area (Å²) in [5, 5.41) is 12.7. The Morgan fingerprint density at radius 1 is 1.24 bits per heavy atom. The average molecular weight is 409 g/mol. The van der Waals surface area contributed by atoms with Gasteiger partial charge >= 0.3 is 0 Å². The van der Waals surface area contributed by atoms with Gasteiger partial charge in [0.1, 0.15) is 6.23 Å². The van der Waals surface area contributed by atoms with Crippen LogP contribution in [-0.4, -0.2) is 29.5 Å². The number of halogens is 1. The van der Waals surface area contributed by atoms with Crippen molar-refractivity contribution in [2.45, 2.75) is 33.4 Å². The highest BCUT2D eigenvalue weighted by Crippen LogP contribution is 2.32. The van der Waals surface area contributed by atoms with Gasteiger partial charge in [0.2, 0.25) is 0 Å². The molecule has 0 amide bonds. The first kappa shape index (κ1) is 21.1. The van der Waals surface area contributed by atoms with Crippen molar-refractivity contribution in [1.29, 1.82) is 0 Å². The molecule has 1 aliphatic carbocycles. The number of hydrogen-bond acceptors (Lipinski definition) is 4. The number of rotatable bonds is 8. The minimum atomic E-state index is -0.252. The summed E-state index contributed by atoms with van der Waals surface area (Å²) in [6.45, 7) is 6.26. The Morgan fingerprint density at radius 2 is 1.97 bits per heavy atom. The molecular formula is C24H25ClN2O2. The number of allylic oxidation sites excluding steroid dienone is 4. The first-order chi connectivity index (χ1) is 14.0. The highest BCUT2D eigenvalue weighted by atomic mass is 35.5. The standard InChI is InChI=1S/C24H25ClN2O2/c1-4-22-23(26-17(3)29-14-13-28)15-21(25)24(27-22)19-11-9-18(10-12-19)20-8-6-5-7-16(20)2/h5,7,9-12,15,17,26,28H,4,13-14H2,1-3H3. The molecule has 1 atom stereocenters. The summed E-state index contributed by atoms with van der Waals surface area (Å²) < 4.78 is 5.48. The van der Waals surface area contributed by atoms with E-state index in [0.29, 0.717) is 5.02 Å². The fourth-order valence-electron chi connectivity index (χ4n) is 3.17. The molecule has 0 spiro atoms. The molecule has 4 nitrogen and oxygen atoms in total. The van der Waals surface area contributed by atoms with E-state index >= 15 is 0 Å². The molecule has 1 aromatic carbocycles. The van der Waals surface area contributed by atoms with Crippen LogP contribution in [0, 0.1) is 0 Å². The Labute approximate surface area is 176 Å². The Hall–Kier alpha value is -2.58. The van der Waals surface area contributed by atoms with Crippen molar-refractivity contribution in [2.24, 2.45) is 0 Å². The van der Waals surface area contributed by atoms with Crippen molar-refractivity contribution in [3.63, 3.8) is 0 Å². The van der Waals surface area contributed by atoms with Crippen LogP contribution in [0.4, 0.5) is 5.69 Å². The third-order valence-corrected chi connectivity index (χ3v) is 4.95. The lowest BCUT2D eigenvalue weighted by atomic mass is 9.96. The monoisotopic (exact) mass is 408 g/mol. The number of aliphatic hydroxyl groups is 1. The molecule has 0 radical (unpaired) electrons. The molecule has 150 valence electrons. The number of ether oxygens (including phenoxy) is 1. The molecule has 5 heteroatoms. The van der Waals surface area contributed by atoms with Crippen LogP contribution in [0.15, 0.2) is 59.5 Å². The van der Waals surface area contributed by atoms with E-state index in [0.717, 1.165) is 45.8 Å². The van der Waals surface area contributed by atoms with E-state index in [-0.39, 0.29) is 19.4 Å². The molecule has 1 unspecified atom stereocenters. The number of pyridine rings is 1. The number of nitrogens with one attached hydrogen (secondary N) is 1. The van der Waals surface area contributed by atoms with E-state index in [1.54, 1.807) is 0 Å². The molecule has 1 aromatic heterocycles. The van der Waals surface area contributed by atoms with Crippen LogP contribution < -0.4 is 5.32 Å². The van der Waals surface area contributed by atoms with E-state index in [9.17, 15) is 0 Å². The summed E-state index contributed by atoms with van der Waals surface area (Å²) in [5.74, 6) is 0. The average Bonchev–Trinajstić information content (AvgIpc) is 2.73. The zero-order valence-corrected chi connectivity index (χ0v) is 17.7. The number of nitrogens with zero attached hydrogens (tertiary/aromatic N) is 1. The van der Waals surface area contributed by atoms with Gasteiger partial charge in [-0.05, 0) is 49.6 Å². The van der Waals surface area contributed by atoms with Crippen LogP contribution in [0.25, 0.3) is 16.8 Å². The third-order valence-electron chi connectivity index (χ3n) is 4.66. The van der Waals surface area contributed by atoms with Crippen LogP contribution in [0.5, 0.6) is 0 Å². The van der Waals surface area contributed by atoms with Crippen LogP contribution in [0.2, 0.25) is 5.02 Å². The van der Waals surface area contributed by atoms with Crippen LogP contribution in [0.3, 0.4) is 0 Å². The van der Waals surface area contributed by atoms with Gasteiger partial charge in [0.05, 0.1) is 35.3 Å². The predicted molar refractivity (Wildman–Crippen MR) is 119 cm³/mol. The summed E-state index contributed by atoms with van der Waals surface area (Å²) in [4.78, 5) is 4.80. The molecule has 29 heavy (non-hydrogen) atoms. The zero-order chi connectivity index (χ0) is 20.8. The van der Waals surface area contributed by atoms with Gasteiger partial charge in [-0.15, -0.1) is 0 Å². The van der Waals surface area contributed by atoms with Crippen molar-refractivity contribution >= 4 is 22.9 Å². The van der Waals surface area contributed by atoms with Crippen molar-refractivity contribution in [3.8, 4) is 11.3 Å². The lowest BCUT2D eigenvalue weighted by Gasteiger charge is -2.19. The highest BCUT2D eigenvalue weighted by molar-refractivity contribution is 6.33. The van der Waals surface area contributed by atoms with Gasteiger partial charge in [-0.25, -0.2) is 4.98 Å². The van der Waals surface area contributed by atoms with E-state index in [2.05, 4.69) is 42.8 Å². The lowest BCUT2D eigenvalue weighted by Crippen LogP contribution is -2.22. The largest absolute Gasteiger partial charge is 0.394 e. The second-order valence-corrected chi connectivity index (χ2v) is 7.19. The molecule has 0 saturated heterocycles. The number of hydrogen-bond donors (Lipinski definition) is 2. The van der Waals surface area contributed by atoms with E-state index in [1.165, 1.54) is 0 Å². The van der Waals surface area contributed by atoms with Crippen molar-refractivity contribution in [3.05, 3.63) is 75.8 Å². The van der Waals surface area contributed by atoms with Gasteiger partial charge in [0, 0.05) is 11.1 Å². The maximum Gasteiger partial charge on any atom is 0.124 e. The summed E-state index contributed by atoms with van der Waals surface area (Å²) in [6.07, 6.45) is 4.40. The van der Waals surface area contributed by atoms with Crippen LogP contribution >= 0.6 is 11.6 Å². The van der Waals surface area contributed by atoms with Crippen molar-refractivity contribution in [1.82, 2.24) is 4.98 Å². The quantitative estimate of drug-likeness (QED) is 0.454. The van der Waals surface area contributed by atoms with E-state index in [4.69, 9.17) is 26.4 Å². The molecule has 3 rings (SSSR count). The minimum absolute atomic E-state index is 0.0150. The SMILES string of the molecule is CCc1nc(-c2ccc(C3=C=C=CC=C3C)cc2)c(Cl)cc1NC(C)OCCO. The number of aromatic nitrogens is 1. The topological polar surface area (TPSA) is 54.4 Å². The molecule has 2 aromatic rings. The van der Waals surface area contributed by atoms with E-state index < -0.39 is 0 Å². The summed E-state index contributed by atoms with van der Waals surface area (Å²) in [7, 11) is 0. The summed E-state index contributed by atoms with van der Waals surface area (Å²) in [5.41, 5.74) is 13.0. The van der Waals surface area contributed by atoms with Crippen molar-refractivity contribution in [2.75, 3.05) is 18.5 Å². The Bertz CT molecular complexity index is 1010. The van der Waals surface area contributed by atoms with Crippen molar-refractivity contribution < 1.29 is 9.84 Å². The molecule has 2 N–H and O–H groups in total. The lowest BCUT2D eigenvalue weighted by molar-refractivity contribution is 0.0541. The van der Waals surface area contributed by atoms with Gasteiger partial charge in [0.15, 0.2) is 0 Å².